The maximum atomic E-state index is 12.0. The lowest BCUT2D eigenvalue weighted by molar-refractivity contribution is -0.129. The summed E-state index contributed by atoms with van der Waals surface area (Å²) in [6.07, 6.45) is 1.45. The van der Waals surface area contributed by atoms with Crippen LogP contribution in [0.15, 0.2) is 24.3 Å². The van der Waals surface area contributed by atoms with E-state index < -0.39 is 0 Å². The highest BCUT2D eigenvalue weighted by molar-refractivity contribution is 6.27. The first-order chi connectivity index (χ1) is 11.1. The van der Waals surface area contributed by atoms with Gasteiger partial charge in [0, 0.05) is 19.1 Å². The number of hydrogen-bond acceptors (Lipinski definition) is 4. The van der Waals surface area contributed by atoms with E-state index in [9.17, 15) is 9.59 Å². The summed E-state index contributed by atoms with van der Waals surface area (Å²) >= 11 is 5.54. The summed E-state index contributed by atoms with van der Waals surface area (Å²) in [6.45, 7) is 1.16. The summed E-state index contributed by atoms with van der Waals surface area (Å²) < 4.78 is 10.7. The highest BCUT2D eigenvalue weighted by atomic mass is 35.5. The van der Waals surface area contributed by atoms with Gasteiger partial charge >= 0.3 is 0 Å². The Morgan fingerprint density at radius 2 is 1.91 bits per heavy atom. The maximum absolute atomic E-state index is 12.0. The number of benzene rings is 1. The van der Waals surface area contributed by atoms with Crippen molar-refractivity contribution in [1.29, 1.82) is 0 Å². The second-order valence-corrected chi connectivity index (χ2v) is 5.56. The van der Waals surface area contributed by atoms with Crippen LogP contribution >= 0.6 is 11.6 Å². The van der Waals surface area contributed by atoms with Crippen molar-refractivity contribution in [3.63, 3.8) is 0 Å². The molecule has 1 N–H and O–H groups in total. The van der Waals surface area contributed by atoms with E-state index in [1.54, 1.807) is 24.1 Å². The first-order valence-electron chi connectivity index (χ1n) is 7.53. The Bertz CT molecular complexity index is 545. The average Bonchev–Trinajstić information content (AvgIpc) is 2.60. The van der Waals surface area contributed by atoms with Crippen molar-refractivity contribution in [2.75, 3.05) is 32.7 Å². The largest absolute Gasteiger partial charge is 0.493 e. The van der Waals surface area contributed by atoms with E-state index in [0.29, 0.717) is 24.6 Å². The minimum absolute atomic E-state index is 0.00374. The lowest BCUT2D eigenvalue weighted by Crippen LogP contribution is -2.47. The number of para-hydroxylation sites is 2. The van der Waals surface area contributed by atoms with Crippen LogP contribution in [0.4, 0.5) is 0 Å². The van der Waals surface area contributed by atoms with Crippen molar-refractivity contribution in [3.05, 3.63) is 24.3 Å². The van der Waals surface area contributed by atoms with Crippen molar-refractivity contribution in [3.8, 4) is 11.5 Å². The van der Waals surface area contributed by atoms with Crippen LogP contribution in [-0.2, 0) is 9.59 Å². The third-order valence-corrected chi connectivity index (χ3v) is 3.98. The lowest BCUT2D eigenvalue weighted by Gasteiger charge is -2.32. The summed E-state index contributed by atoms with van der Waals surface area (Å²) in [6, 6.07) is 7.24. The molecule has 1 aliphatic heterocycles. The fraction of sp³-hybridized carbons (Fsp3) is 0.500. The van der Waals surface area contributed by atoms with E-state index in [0.717, 1.165) is 12.8 Å². The molecule has 7 heteroatoms. The predicted octanol–water partition coefficient (Wildman–Crippen LogP) is 1.42. The normalized spacial score (nSPS) is 15.1. The van der Waals surface area contributed by atoms with Crippen LogP contribution in [0.5, 0.6) is 11.5 Å². The molecule has 0 atom stereocenters. The third kappa shape index (κ3) is 5.03. The van der Waals surface area contributed by atoms with E-state index in [-0.39, 0.29) is 30.3 Å². The second-order valence-electron chi connectivity index (χ2n) is 5.30. The first kappa shape index (κ1) is 17.4. The highest BCUT2D eigenvalue weighted by Gasteiger charge is 2.23. The van der Waals surface area contributed by atoms with Gasteiger partial charge in [0.05, 0.1) is 7.11 Å². The smallest absolute Gasteiger partial charge is 0.258 e. The average molecular weight is 341 g/mol. The molecule has 0 spiro atoms. The number of halogens is 1. The molecule has 23 heavy (non-hydrogen) atoms. The molecule has 2 rings (SSSR count). The number of amides is 2. The fourth-order valence-corrected chi connectivity index (χ4v) is 2.68. The van der Waals surface area contributed by atoms with Gasteiger partial charge in [0.2, 0.25) is 5.91 Å². The minimum Gasteiger partial charge on any atom is -0.493 e. The second kappa shape index (κ2) is 8.62. The van der Waals surface area contributed by atoms with Crippen molar-refractivity contribution < 1.29 is 19.1 Å². The van der Waals surface area contributed by atoms with Crippen LogP contribution in [0.1, 0.15) is 12.8 Å². The summed E-state index contributed by atoms with van der Waals surface area (Å²) in [5, 5.41) is 2.93. The van der Waals surface area contributed by atoms with Crippen LogP contribution in [0.3, 0.4) is 0 Å². The number of hydrogen-bond donors (Lipinski definition) is 1. The number of carbonyl (C=O) groups excluding carboxylic acids is 2. The van der Waals surface area contributed by atoms with Crippen LogP contribution < -0.4 is 14.8 Å². The van der Waals surface area contributed by atoms with Crippen LogP contribution in [0.2, 0.25) is 0 Å². The molecule has 0 unspecified atom stereocenters. The fourth-order valence-electron chi connectivity index (χ4n) is 2.51. The Morgan fingerprint density at radius 3 is 2.52 bits per heavy atom. The van der Waals surface area contributed by atoms with Crippen LogP contribution in [-0.4, -0.2) is 55.4 Å². The van der Waals surface area contributed by atoms with Gasteiger partial charge in [0.1, 0.15) is 5.88 Å². The number of likely N-dealkylation sites (tertiary alicyclic amines) is 1. The SMILES string of the molecule is COc1ccccc1OCC(=O)NC1CCN(C(=O)CCl)CC1. The summed E-state index contributed by atoms with van der Waals surface area (Å²) in [7, 11) is 1.55. The molecule has 0 radical (unpaired) electrons. The van der Waals surface area contributed by atoms with Gasteiger partial charge in [-0.15, -0.1) is 11.6 Å². The number of alkyl halides is 1. The number of methoxy groups -OCH3 is 1. The molecular formula is C16H21ClN2O4. The van der Waals surface area contributed by atoms with Gasteiger partial charge < -0.3 is 19.7 Å². The Morgan fingerprint density at radius 1 is 1.26 bits per heavy atom. The Kier molecular flexibility index (Phi) is 6.52. The Hall–Kier alpha value is -1.95. The van der Waals surface area contributed by atoms with Gasteiger partial charge in [-0.25, -0.2) is 0 Å². The molecule has 1 aromatic carbocycles. The molecule has 6 nitrogen and oxygen atoms in total. The molecule has 1 aromatic rings. The zero-order chi connectivity index (χ0) is 16.7. The van der Waals surface area contributed by atoms with Crippen molar-refractivity contribution in [2.45, 2.75) is 18.9 Å². The van der Waals surface area contributed by atoms with E-state index in [1.807, 2.05) is 12.1 Å². The standard InChI is InChI=1S/C16H21ClN2O4/c1-22-13-4-2-3-5-14(13)23-11-15(20)18-12-6-8-19(9-7-12)16(21)10-17/h2-5,12H,6-11H2,1H3,(H,18,20). The molecule has 1 saturated heterocycles. The molecule has 1 aliphatic rings. The van der Waals surface area contributed by atoms with Gasteiger partial charge in [-0.3, -0.25) is 9.59 Å². The van der Waals surface area contributed by atoms with Gasteiger partial charge in [0.15, 0.2) is 18.1 Å². The molecule has 0 bridgehead atoms. The highest BCUT2D eigenvalue weighted by Crippen LogP contribution is 2.25. The lowest BCUT2D eigenvalue weighted by atomic mass is 10.1. The number of rotatable bonds is 6. The van der Waals surface area contributed by atoms with Crippen molar-refractivity contribution >= 4 is 23.4 Å². The van der Waals surface area contributed by atoms with Crippen molar-refractivity contribution in [1.82, 2.24) is 10.2 Å². The van der Waals surface area contributed by atoms with Crippen LogP contribution in [0, 0.1) is 0 Å². The number of piperidine rings is 1. The molecule has 1 fully saturated rings. The Balaban J connectivity index is 1.74. The first-order valence-corrected chi connectivity index (χ1v) is 8.06. The van der Waals surface area contributed by atoms with Gasteiger partial charge in [-0.05, 0) is 25.0 Å². The number of carbonyl (C=O) groups is 2. The minimum atomic E-state index is -0.182. The van der Waals surface area contributed by atoms with E-state index in [2.05, 4.69) is 5.32 Å². The zero-order valence-corrected chi connectivity index (χ0v) is 13.8. The van der Waals surface area contributed by atoms with Crippen molar-refractivity contribution in [2.24, 2.45) is 0 Å². The number of nitrogens with one attached hydrogen (secondary N) is 1. The summed E-state index contributed by atoms with van der Waals surface area (Å²) in [5.74, 6) is 0.888. The van der Waals surface area contributed by atoms with Crippen LogP contribution in [0.25, 0.3) is 0 Å². The molecule has 1 heterocycles. The molecular weight excluding hydrogens is 320 g/mol. The maximum Gasteiger partial charge on any atom is 0.258 e. The number of nitrogens with zero attached hydrogens (tertiary/aromatic N) is 1. The molecule has 2 amide bonds. The molecule has 126 valence electrons. The van der Waals surface area contributed by atoms with Gasteiger partial charge in [0.25, 0.3) is 5.91 Å². The summed E-state index contributed by atoms with van der Waals surface area (Å²) in [4.78, 5) is 25.2. The molecule has 0 aromatic heterocycles. The molecule has 0 aliphatic carbocycles. The van der Waals surface area contributed by atoms with E-state index in [4.69, 9.17) is 21.1 Å². The predicted molar refractivity (Wildman–Crippen MR) is 87.0 cm³/mol. The quantitative estimate of drug-likeness (QED) is 0.795. The number of ether oxygens (including phenoxy) is 2. The van der Waals surface area contributed by atoms with Gasteiger partial charge in [-0.2, -0.15) is 0 Å². The summed E-state index contributed by atoms with van der Waals surface area (Å²) in [5.41, 5.74) is 0. The third-order valence-electron chi connectivity index (χ3n) is 3.75. The zero-order valence-electron chi connectivity index (χ0n) is 13.1. The topological polar surface area (TPSA) is 67.9 Å². The monoisotopic (exact) mass is 340 g/mol. The van der Waals surface area contributed by atoms with E-state index in [1.165, 1.54) is 0 Å². The molecule has 0 saturated carbocycles. The van der Waals surface area contributed by atoms with E-state index >= 15 is 0 Å². The van der Waals surface area contributed by atoms with Gasteiger partial charge in [-0.1, -0.05) is 12.1 Å². The Labute approximate surface area is 140 Å².